The monoisotopic (exact) mass is 347 g/mol. The molecule has 4 nitrogen and oxygen atoms in total. The van der Waals surface area contributed by atoms with Crippen LogP contribution < -0.4 is 10.1 Å². The van der Waals surface area contributed by atoms with Crippen molar-refractivity contribution in [2.24, 2.45) is 0 Å². The fourth-order valence-corrected chi connectivity index (χ4v) is 2.58. The number of rotatable bonds is 7. The summed E-state index contributed by atoms with van der Waals surface area (Å²) in [6, 6.07) is 25.7. The van der Waals surface area contributed by atoms with Gasteiger partial charge in [-0.1, -0.05) is 60.7 Å². The summed E-state index contributed by atoms with van der Waals surface area (Å²) in [7, 11) is 0. The molecule has 1 amide bonds. The van der Waals surface area contributed by atoms with E-state index in [2.05, 4.69) is 41.7 Å². The van der Waals surface area contributed by atoms with Gasteiger partial charge in [-0.25, -0.2) is 0 Å². The van der Waals surface area contributed by atoms with Crippen LogP contribution in [0.3, 0.4) is 0 Å². The third-order valence-electron chi connectivity index (χ3n) is 3.92. The van der Waals surface area contributed by atoms with Gasteiger partial charge in [0.25, 0.3) is 0 Å². The van der Waals surface area contributed by atoms with E-state index >= 15 is 0 Å². The normalized spacial score (nSPS) is 10.3. The highest BCUT2D eigenvalue weighted by Crippen LogP contribution is 2.21. The molecule has 0 radical (unpaired) electrons. The molecule has 4 heteroatoms. The van der Waals surface area contributed by atoms with E-state index in [-0.39, 0.29) is 18.9 Å². The molecule has 0 spiro atoms. The molecule has 0 aliphatic heterocycles. The number of anilines is 1. The van der Waals surface area contributed by atoms with Crippen molar-refractivity contribution in [3.63, 3.8) is 0 Å². The lowest BCUT2D eigenvalue weighted by atomic mass is 10.0. The summed E-state index contributed by atoms with van der Waals surface area (Å²) >= 11 is 0. The molecular formula is C22H21NO3. The van der Waals surface area contributed by atoms with E-state index < -0.39 is 0 Å². The fourth-order valence-electron chi connectivity index (χ4n) is 2.58. The van der Waals surface area contributed by atoms with E-state index in [1.807, 2.05) is 30.3 Å². The Morgan fingerprint density at radius 1 is 0.885 bits per heavy atom. The lowest BCUT2D eigenvalue weighted by Crippen LogP contribution is -2.12. The molecule has 0 heterocycles. The van der Waals surface area contributed by atoms with Crippen LogP contribution in [0.15, 0.2) is 78.9 Å². The first kappa shape index (κ1) is 17.7. The highest BCUT2D eigenvalue weighted by Gasteiger charge is 2.03. The number of aliphatic hydroxyl groups excluding tert-OH is 1. The van der Waals surface area contributed by atoms with Gasteiger partial charge in [0.05, 0.1) is 13.0 Å². The van der Waals surface area contributed by atoms with E-state index in [9.17, 15) is 4.79 Å². The predicted molar refractivity (Wildman–Crippen MR) is 103 cm³/mol. The summed E-state index contributed by atoms with van der Waals surface area (Å²) < 4.78 is 5.82. The third kappa shape index (κ3) is 4.94. The van der Waals surface area contributed by atoms with Crippen molar-refractivity contribution in [1.82, 2.24) is 0 Å². The van der Waals surface area contributed by atoms with Crippen LogP contribution in [-0.4, -0.2) is 17.6 Å². The number of amides is 1. The second-order valence-electron chi connectivity index (χ2n) is 5.90. The van der Waals surface area contributed by atoms with Crippen LogP contribution in [0.5, 0.6) is 5.75 Å². The summed E-state index contributed by atoms with van der Waals surface area (Å²) in [5, 5.41) is 11.5. The van der Waals surface area contributed by atoms with Crippen molar-refractivity contribution in [3.8, 4) is 16.9 Å². The van der Waals surface area contributed by atoms with Gasteiger partial charge in [0.2, 0.25) is 5.91 Å². The van der Waals surface area contributed by atoms with Crippen molar-refractivity contribution in [3.05, 3.63) is 84.4 Å². The van der Waals surface area contributed by atoms with E-state index in [1.54, 1.807) is 12.1 Å². The molecule has 0 aromatic heterocycles. The molecule has 132 valence electrons. The molecule has 0 atom stereocenters. The number of hydrogen-bond donors (Lipinski definition) is 2. The van der Waals surface area contributed by atoms with Crippen LogP contribution in [-0.2, 0) is 11.4 Å². The Labute approximate surface area is 153 Å². The minimum Gasteiger partial charge on any atom is -0.489 e. The maximum atomic E-state index is 11.5. The average Bonchev–Trinajstić information content (AvgIpc) is 2.68. The van der Waals surface area contributed by atoms with Crippen LogP contribution in [0.25, 0.3) is 11.1 Å². The molecule has 3 rings (SSSR count). The molecule has 0 saturated heterocycles. The molecule has 26 heavy (non-hydrogen) atoms. The molecule has 0 saturated carbocycles. The number of carbonyl (C=O) groups is 1. The molecule has 3 aromatic carbocycles. The number of ether oxygens (including phenoxy) is 1. The minimum absolute atomic E-state index is 0.0822. The molecule has 0 unspecified atom stereocenters. The standard InChI is InChI=1S/C22H21NO3/c24-14-13-22(25)23-20-7-4-8-21(15-20)26-16-17-9-11-19(12-10-17)18-5-2-1-3-6-18/h1-12,15,24H,13-14,16H2,(H,23,25). The largest absolute Gasteiger partial charge is 0.489 e. The van der Waals surface area contributed by atoms with Gasteiger partial charge in [0.15, 0.2) is 0 Å². The molecule has 3 aromatic rings. The van der Waals surface area contributed by atoms with Gasteiger partial charge in [-0.2, -0.15) is 0 Å². The fraction of sp³-hybridized carbons (Fsp3) is 0.136. The van der Waals surface area contributed by atoms with Crippen molar-refractivity contribution < 1.29 is 14.6 Å². The second kappa shape index (κ2) is 8.83. The first-order valence-electron chi connectivity index (χ1n) is 8.52. The topological polar surface area (TPSA) is 58.6 Å². The number of nitrogens with one attached hydrogen (secondary N) is 1. The number of carbonyl (C=O) groups excluding carboxylic acids is 1. The minimum atomic E-state index is -0.221. The van der Waals surface area contributed by atoms with Crippen LogP contribution in [0.4, 0.5) is 5.69 Å². The Kier molecular flexibility index (Phi) is 6.01. The second-order valence-corrected chi connectivity index (χ2v) is 5.90. The number of aliphatic hydroxyl groups is 1. The molecule has 0 aliphatic rings. The van der Waals surface area contributed by atoms with Gasteiger partial charge in [0.1, 0.15) is 12.4 Å². The summed E-state index contributed by atoms with van der Waals surface area (Å²) in [5.74, 6) is 0.458. The summed E-state index contributed by atoms with van der Waals surface area (Å²) in [5.41, 5.74) is 4.08. The first-order valence-corrected chi connectivity index (χ1v) is 8.52. The Morgan fingerprint density at radius 3 is 2.35 bits per heavy atom. The summed E-state index contributed by atoms with van der Waals surface area (Å²) in [6.07, 6.45) is 0.0822. The van der Waals surface area contributed by atoms with Crippen molar-refractivity contribution >= 4 is 11.6 Å². The van der Waals surface area contributed by atoms with Gasteiger partial charge < -0.3 is 15.2 Å². The summed E-state index contributed by atoms with van der Waals surface area (Å²) in [4.78, 5) is 11.5. The highest BCUT2D eigenvalue weighted by molar-refractivity contribution is 5.90. The van der Waals surface area contributed by atoms with Crippen molar-refractivity contribution in [1.29, 1.82) is 0 Å². The molecule has 0 fully saturated rings. The van der Waals surface area contributed by atoms with Gasteiger partial charge in [-0.05, 0) is 28.8 Å². The maximum absolute atomic E-state index is 11.5. The van der Waals surface area contributed by atoms with Crippen molar-refractivity contribution in [2.75, 3.05) is 11.9 Å². The van der Waals surface area contributed by atoms with E-state index in [0.29, 0.717) is 18.0 Å². The lowest BCUT2D eigenvalue weighted by molar-refractivity contribution is -0.116. The summed E-state index contributed by atoms with van der Waals surface area (Å²) in [6.45, 7) is 0.282. The molecule has 0 bridgehead atoms. The van der Waals surface area contributed by atoms with Gasteiger partial charge in [-0.3, -0.25) is 4.79 Å². The number of hydrogen-bond acceptors (Lipinski definition) is 3. The first-order chi connectivity index (χ1) is 12.7. The van der Waals surface area contributed by atoms with Gasteiger partial charge >= 0.3 is 0 Å². The zero-order valence-electron chi connectivity index (χ0n) is 14.4. The van der Waals surface area contributed by atoms with Crippen LogP contribution in [0.1, 0.15) is 12.0 Å². The molecule has 2 N–H and O–H groups in total. The SMILES string of the molecule is O=C(CCO)Nc1cccc(OCc2ccc(-c3ccccc3)cc2)c1. The molecular weight excluding hydrogens is 326 g/mol. The zero-order valence-corrected chi connectivity index (χ0v) is 14.4. The third-order valence-corrected chi connectivity index (χ3v) is 3.92. The van der Waals surface area contributed by atoms with Gasteiger partial charge in [-0.15, -0.1) is 0 Å². The van der Waals surface area contributed by atoms with Crippen LogP contribution in [0.2, 0.25) is 0 Å². The van der Waals surface area contributed by atoms with Crippen LogP contribution >= 0.6 is 0 Å². The lowest BCUT2D eigenvalue weighted by Gasteiger charge is -2.10. The zero-order chi connectivity index (χ0) is 18.2. The van der Waals surface area contributed by atoms with Gasteiger partial charge in [0, 0.05) is 11.8 Å². The Balaban J connectivity index is 1.59. The van der Waals surface area contributed by atoms with E-state index in [1.165, 1.54) is 11.1 Å². The van der Waals surface area contributed by atoms with E-state index in [4.69, 9.17) is 9.84 Å². The highest BCUT2D eigenvalue weighted by atomic mass is 16.5. The molecule has 0 aliphatic carbocycles. The Morgan fingerprint density at radius 2 is 1.62 bits per heavy atom. The van der Waals surface area contributed by atoms with Crippen LogP contribution in [0, 0.1) is 0 Å². The predicted octanol–water partition coefficient (Wildman–Crippen LogP) is 4.25. The smallest absolute Gasteiger partial charge is 0.226 e. The quantitative estimate of drug-likeness (QED) is 0.672. The van der Waals surface area contributed by atoms with Crippen molar-refractivity contribution in [2.45, 2.75) is 13.0 Å². The van der Waals surface area contributed by atoms with E-state index in [0.717, 1.165) is 5.56 Å². The Hall–Kier alpha value is -3.11. The number of benzene rings is 3. The Bertz CT molecular complexity index is 845. The maximum Gasteiger partial charge on any atom is 0.226 e. The average molecular weight is 347 g/mol.